The number of amides is 1. The number of allylic oxidation sites excluding steroid dienone is 2. The first-order valence-electron chi connectivity index (χ1n) is 6.85. The van der Waals surface area contributed by atoms with Gasteiger partial charge < -0.3 is 14.8 Å². The molecule has 1 N–H and O–H groups in total. The summed E-state index contributed by atoms with van der Waals surface area (Å²) < 4.78 is 10.4. The van der Waals surface area contributed by atoms with Crippen molar-refractivity contribution in [2.75, 3.05) is 6.61 Å². The van der Waals surface area contributed by atoms with E-state index in [1.165, 1.54) is 0 Å². The van der Waals surface area contributed by atoms with E-state index in [0.29, 0.717) is 12.8 Å². The number of hydrogen-bond donors (Lipinski definition) is 1. The van der Waals surface area contributed by atoms with Gasteiger partial charge in [-0.05, 0) is 39.2 Å². The molecule has 0 saturated heterocycles. The number of carbonyl (C=O) groups excluding carboxylic acids is 2. The molecular weight excluding hydrogens is 270 g/mol. The van der Waals surface area contributed by atoms with Gasteiger partial charge in [-0.15, -0.1) is 0 Å². The van der Waals surface area contributed by atoms with Gasteiger partial charge in [-0.2, -0.15) is 0 Å². The Balaban J connectivity index is 0.00000441. The number of hydrogen-bond acceptors (Lipinski definition) is 4. The van der Waals surface area contributed by atoms with Crippen molar-refractivity contribution in [1.82, 2.24) is 5.32 Å². The van der Waals surface area contributed by atoms with Crippen LogP contribution in [0.3, 0.4) is 0 Å². The summed E-state index contributed by atoms with van der Waals surface area (Å²) in [7, 11) is 0. The standard InChI is InChI=1S/C16H23NO4.H2/c1-6-8-12(7-2)11-20-13(18)16(9-10-16)17-14(19)21-15(3,4)5;/h6-8H,1-2,9-11H2,3-5H3,(H,17,19);1H/b12-8+;. The number of carbonyl (C=O) groups is 2. The summed E-state index contributed by atoms with van der Waals surface area (Å²) in [5, 5.41) is 2.60. The first-order chi connectivity index (χ1) is 9.72. The van der Waals surface area contributed by atoms with Crippen LogP contribution in [-0.2, 0) is 14.3 Å². The van der Waals surface area contributed by atoms with Crippen molar-refractivity contribution in [3.05, 3.63) is 37.0 Å². The van der Waals surface area contributed by atoms with Gasteiger partial charge in [-0.25, -0.2) is 9.59 Å². The van der Waals surface area contributed by atoms with E-state index in [0.717, 1.165) is 5.57 Å². The molecule has 0 unspecified atom stereocenters. The van der Waals surface area contributed by atoms with Crippen molar-refractivity contribution in [3.63, 3.8) is 0 Å². The Morgan fingerprint density at radius 1 is 1.33 bits per heavy atom. The predicted octanol–water partition coefficient (Wildman–Crippen LogP) is 3.13. The van der Waals surface area contributed by atoms with Gasteiger partial charge in [-0.1, -0.05) is 31.4 Å². The van der Waals surface area contributed by atoms with E-state index in [2.05, 4.69) is 18.5 Å². The second-order valence-corrected chi connectivity index (χ2v) is 5.97. The van der Waals surface area contributed by atoms with E-state index < -0.39 is 23.2 Å². The molecule has 0 aromatic carbocycles. The molecule has 5 nitrogen and oxygen atoms in total. The van der Waals surface area contributed by atoms with E-state index in [-0.39, 0.29) is 8.03 Å². The first-order valence-corrected chi connectivity index (χ1v) is 6.85. The highest BCUT2D eigenvalue weighted by Crippen LogP contribution is 2.37. The van der Waals surface area contributed by atoms with Gasteiger partial charge >= 0.3 is 12.1 Å². The molecule has 0 aliphatic heterocycles. The molecule has 1 amide bonds. The Morgan fingerprint density at radius 3 is 2.38 bits per heavy atom. The zero-order valence-corrected chi connectivity index (χ0v) is 12.9. The molecule has 1 fully saturated rings. The van der Waals surface area contributed by atoms with Crippen LogP contribution in [-0.4, -0.2) is 29.8 Å². The van der Waals surface area contributed by atoms with Crippen LogP contribution in [0.1, 0.15) is 35.0 Å². The summed E-state index contributed by atoms with van der Waals surface area (Å²) in [5.74, 6) is -0.454. The number of nitrogens with one attached hydrogen (secondary N) is 1. The van der Waals surface area contributed by atoms with E-state index in [1.807, 2.05) is 0 Å². The van der Waals surface area contributed by atoms with Gasteiger partial charge in [0.25, 0.3) is 0 Å². The monoisotopic (exact) mass is 295 g/mol. The van der Waals surface area contributed by atoms with Crippen molar-refractivity contribution < 1.29 is 20.5 Å². The zero-order chi connectivity index (χ0) is 16.1. The van der Waals surface area contributed by atoms with E-state index in [1.54, 1.807) is 39.0 Å². The lowest BCUT2D eigenvalue weighted by Crippen LogP contribution is -2.46. The Kier molecular flexibility index (Phi) is 5.35. The second kappa shape index (κ2) is 6.61. The maximum atomic E-state index is 12.1. The van der Waals surface area contributed by atoms with Crippen LogP contribution in [0.15, 0.2) is 37.0 Å². The Bertz CT molecular complexity index is 473. The normalized spacial score (nSPS) is 16.6. The van der Waals surface area contributed by atoms with Crippen molar-refractivity contribution in [1.29, 1.82) is 0 Å². The SMILES string of the molecule is C=C/C=C(\C=C)COC(=O)C1(NC(=O)OC(C)(C)C)CC1.[HH]. The molecule has 21 heavy (non-hydrogen) atoms. The topological polar surface area (TPSA) is 64.6 Å². The van der Waals surface area contributed by atoms with Crippen LogP contribution in [0.2, 0.25) is 0 Å². The largest absolute Gasteiger partial charge is 0.459 e. The molecule has 0 radical (unpaired) electrons. The maximum Gasteiger partial charge on any atom is 0.408 e. The van der Waals surface area contributed by atoms with Gasteiger partial charge in [-0.3, -0.25) is 0 Å². The van der Waals surface area contributed by atoms with Gasteiger partial charge in [0.1, 0.15) is 17.7 Å². The van der Waals surface area contributed by atoms with Crippen molar-refractivity contribution in [2.45, 2.75) is 44.8 Å². The minimum atomic E-state index is -0.942. The first kappa shape index (κ1) is 17.0. The van der Waals surface area contributed by atoms with Crippen LogP contribution >= 0.6 is 0 Å². The molecule has 0 bridgehead atoms. The summed E-state index contributed by atoms with van der Waals surface area (Å²) in [4.78, 5) is 23.8. The smallest absolute Gasteiger partial charge is 0.408 e. The number of ether oxygens (including phenoxy) is 2. The minimum Gasteiger partial charge on any atom is -0.459 e. The van der Waals surface area contributed by atoms with Crippen molar-refractivity contribution in [2.24, 2.45) is 0 Å². The fraction of sp³-hybridized carbons (Fsp3) is 0.500. The number of esters is 1. The lowest BCUT2D eigenvalue weighted by atomic mass is 10.2. The molecule has 0 atom stereocenters. The van der Waals surface area contributed by atoms with Gasteiger partial charge in [0.15, 0.2) is 0 Å². The highest BCUT2D eigenvalue weighted by atomic mass is 16.6. The molecule has 1 saturated carbocycles. The highest BCUT2D eigenvalue weighted by molar-refractivity contribution is 5.89. The molecule has 118 valence electrons. The van der Waals surface area contributed by atoms with E-state index in [4.69, 9.17) is 9.47 Å². The Labute approximate surface area is 127 Å². The summed E-state index contributed by atoms with van der Waals surface area (Å²) >= 11 is 0. The molecule has 0 aromatic heterocycles. The fourth-order valence-corrected chi connectivity index (χ4v) is 1.62. The molecule has 1 aliphatic rings. The summed E-state index contributed by atoms with van der Waals surface area (Å²) in [5.41, 5.74) is -0.804. The molecule has 1 aliphatic carbocycles. The molecule has 1 rings (SSSR count). The highest BCUT2D eigenvalue weighted by Gasteiger charge is 2.53. The summed E-state index contributed by atoms with van der Waals surface area (Å²) in [6, 6.07) is 0. The van der Waals surface area contributed by atoms with Crippen LogP contribution in [0.4, 0.5) is 4.79 Å². The second-order valence-electron chi connectivity index (χ2n) is 5.97. The third-order valence-electron chi connectivity index (χ3n) is 2.85. The van der Waals surface area contributed by atoms with Gasteiger partial charge in [0.05, 0.1) is 0 Å². The average molecular weight is 295 g/mol. The van der Waals surface area contributed by atoms with Crippen LogP contribution in [0, 0.1) is 0 Å². The molecule has 0 spiro atoms. The minimum absolute atomic E-state index is 0. The van der Waals surface area contributed by atoms with Crippen LogP contribution < -0.4 is 5.32 Å². The van der Waals surface area contributed by atoms with E-state index >= 15 is 0 Å². The molecule has 0 heterocycles. The quantitative estimate of drug-likeness (QED) is 0.604. The summed E-state index contributed by atoms with van der Waals surface area (Å²) in [6.07, 6.45) is 5.40. The third kappa shape index (κ3) is 5.45. The number of alkyl carbamates (subject to hydrolysis) is 1. The Morgan fingerprint density at radius 2 is 1.95 bits per heavy atom. The van der Waals surface area contributed by atoms with Crippen LogP contribution in [0.25, 0.3) is 0 Å². The lowest BCUT2D eigenvalue weighted by Gasteiger charge is -2.22. The summed E-state index contributed by atoms with van der Waals surface area (Å²) in [6.45, 7) is 12.6. The number of rotatable bonds is 6. The van der Waals surface area contributed by atoms with Gasteiger partial charge in [0.2, 0.25) is 0 Å². The zero-order valence-electron chi connectivity index (χ0n) is 12.9. The predicted molar refractivity (Wildman–Crippen MR) is 82.9 cm³/mol. The lowest BCUT2D eigenvalue weighted by molar-refractivity contribution is -0.146. The Hall–Kier alpha value is -2.04. The van der Waals surface area contributed by atoms with Crippen molar-refractivity contribution >= 4 is 12.1 Å². The molecular formula is C16H25NO4. The average Bonchev–Trinajstić information content (AvgIpc) is 3.12. The molecule has 0 aromatic rings. The van der Waals surface area contributed by atoms with Gasteiger partial charge in [0, 0.05) is 1.43 Å². The third-order valence-corrected chi connectivity index (χ3v) is 2.85. The van der Waals surface area contributed by atoms with Crippen LogP contribution in [0.5, 0.6) is 0 Å². The maximum absolute atomic E-state index is 12.1. The fourth-order valence-electron chi connectivity index (χ4n) is 1.62. The van der Waals surface area contributed by atoms with E-state index in [9.17, 15) is 9.59 Å². The van der Waals surface area contributed by atoms with Crippen molar-refractivity contribution in [3.8, 4) is 0 Å². The molecule has 5 heteroatoms.